The van der Waals surface area contributed by atoms with Crippen molar-refractivity contribution in [1.29, 1.82) is 0 Å². The Bertz CT molecular complexity index is 1310. The molecule has 0 bridgehead atoms. The third-order valence-electron chi connectivity index (χ3n) is 4.73. The Labute approximate surface area is 186 Å². The molecule has 0 saturated heterocycles. The van der Waals surface area contributed by atoms with Gasteiger partial charge in [-0.05, 0) is 60.7 Å². The summed E-state index contributed by atoms with van der Waals surface area (Å²) in [6.45, 7) is 3.98. The summed E-state index contributed by atoms with van der Waals surface area (Å²) in [5.41, 5.74) is 4.00. The van der Waals surface area contributed by atoms with Crippen LogP contribution in [0.4, 0.5) is 5.69 Å². The molecule has 0 fully saturated rings. The Morgan fingerprint density at radius 1 is 1.20 bits per heavy atom. The lowest BCUT2D eigenvalue weighted by molar-refractivity contribution is -0.113. The molecule has 2 aromatic carbocycles. The zero-order valence-electron chi connectivity index (χ0n) is 16.3. The fraction of sp³-hybridized carbons (Fsp3) is 0.136. The van der Waals surface area contributed by atoms with Crippen LogP contribution in [0.25, 0.3) is 15.9 Å². The number of anilines is 1. The van der Waals surface area contributed by atoms with Gasteiger partial charge >= 0.3 is 0 Å². The van der Waals surface area contributed by atoms with E-state index in [2.05, 4.69) is 10.3 Å². The summed E-state index contributed by atoms with van der Waals surface area (Å²) in [6, 6.07) is 14.6. The normalized spacial score (nSPS) is 11.0. The van der Waals surface area contributed by atoms with Gasteiger partial charge in [0, 0.05) is 10.7 Å². The second kappa shape index (κ2) is 8.63. The fourth-order valence-electron chi connectivity index (χ4n) is 3.03. The highest BCUT2D eigenvalue weighted by molar-refractivity contribution is 7.99. The Hall–Kier alpha value is -2.61. The number of carbonyl (C=O) groups is 1. The van der Waals surface area contributed by atoms with E-state index in [4.69, 9.17) is 11.6 Å². The van der Waals surface area contributed by atoms with Crippen LogP contribution in [0.3, 0.4) is 0 Å². The molecule has 5 nitrogen and oxygen atoms in total. The van der Waals surface area contributed by atoms with Gasteiger partial charge in [-0.15, -0.1) is 11.3 Å². The molecule has 1 N–H and O–H groups in total. The Morgan fingerprint density at radius 3 is 2.80 bits per heavy atom. The molecule has 0 atom stereocenters. The van der Waals surface area contributed by atoms with Crippen LogP contribution in [-0.4, -0.2) is 21.2 Å². The van der Waals surface area contributed by atoms with Gasteiger partial charge in [-0.25, -0.2) is 4.98 Å². The topological polar surface area (TPSA) is 64.0 Å². The number of nitrogens with zero attached hydrogens (tertiary/aromatic N) is 2. The molecule has 8 heteroatoms. The number of fused-ring (bicyclic) bond motifs is 1. The second-order valence-corrected chi connectivity index (χ2v) is 9.03. The number of hydrogen-bond acceptors (Lipinski definition) is 5. The number of thiophene rings is 1. The number of rotatable bonds is 5. The molecule has 0 radical (unpaired) electrons. The molecule has 0 aliphatic carbocycles. The third kappa shape index (κ3) is 4.14. The molecule has 0 unspecified atom stereocenters. The highest BCUT2D eigenvalue weighted by atomic mass is 35.5. The third-order valence-corrected chi connectivity index (χ3v) is 6.79. The lowest BCUT2D eigenvalue weighted by Gasteiger charge is -2.13. The van der Waals surface area contributed by atoms with Gasteiger partial charge in [0.1, 0.15) is 4.70 Å². The van der Waals surface area contributed by atoms with Crippen LogP contribution in [0.2, 0.25) is 5.02 Å². The first-order valence-corrected chi connectivity index (χ1v) is 11.4. The van der Waals surface area contributed by atoms with Crippen LogP contribution < -0.4 is 10.9 Å². The summed E-state index contributed by atoms with van der Waals surface area (Å²) in [5, 5.41) is 5.75. The van der Waals surface area contributed by atoms with E-state index >= 15 is 0 Å². The van der Waals surface area contributed by atoms with E-state index < -0.39 is 0 Å². The number of thioether (sulfide) groups is 1. The highest BCUT2D eigenvalue weighted by Gasteiger charge is 2.16. The van der Waals surface area contributed by atoms with Crippen molar-refractivity contribution in [3.63, 3.8) is 0 Å². The van der Waals surface area contributed by atoms with Crippen LogP contribution in [0.15, 0.2) is 63.9 Å². The zero-order valence-corrected chi connectivity index (χ0v) is 18.7. The van der Waals surface area contributed by atoms with Gasteiger partial charge in [-0.2, -0.15) is 0 Å². The molecular formula is C22H18ClN3O2S2. The highest BCUT2D eigenvalue weighted by Crippen LogP contribution is 2.25. The quantitative estimate of drug-likeness (QED) is 0.321. The molecule has 30 heavy (non-hydrogen) atoms. The predicted octanol–water partition coefficient (Wildman–Crippen LogP) is 5.45. The summed E-state index contributed by atoms with van der Waals surface area (Å²) in [4.78, 5) is 30.3. The Kier molecular flexibility index (Phi) is 5.94. The molecule has 0 aliphatic heterocycles. The Balaban J connectivity index is 1.65. The van der Waals surface area contributed by atoms with Crippen LogP contribution in [-0.2, 0) is 4.79 Å². The first-order chi connectivity index (χ1) is 14.4. The number of amides is 1. The molecule has 152 valence electrons. The van der Waals surface area contributed by atoms with Gasteiger partial charge in [-0.3, -0.25) is 14.2 Å². The number of halogens is 1. The molecule has 0 saturated carbocycles. The number of carbonyl (C=O) groups excluding carboxylic acids is 1. The van der Waals surface area contributed by atoms with Crippen molar-refractivity contribution in [2.45, 2.75) is 19.0 Å². The Morgan fingerprint density at radius 2 is 2.00 bits per heavy atom. The maximum atomic E-state index is 13.1. The summed E-state index contributed by atoms with van der Waals surface area (Å²) >= 11 is 8.70. The smallest absolute Gasteiger partial charge is 0.276 e. The van der Waals surface area contributed by atoms with E-state index in [1.807, 2.05) is 43.5 Å². The first-order valence-electron chi connectivity index (χ1n) is 9.19. The van der Waals surface area contributed by atoms with Crippen molar-refractivity contribution in [3.05, 3.63) is 80.4 Å². The molecule has 2 aromatic heterocycles. The van der Waals surface area contributed by atoms with E-state index in [1.165, 1.54) is 27.7 Å². The molecule has 4 aromatic rings. The van der Waals surface area contributed by atoms with Crippen LogP contribution in [0, 0.1) is 13.8 Å². The van der Waals surface area contributed by atoms with Crippen LogP contribution >= 0.6 is 34.7 Å². The molecule has 0 aliphatic rings. The van der Waals surface area contributed by atoms with Crippen LogP contribution in [0.5, 0.6) is 0 Å². The van der Waals surface area contributed by atoms with Crippen LogP contribution in [0.1, 0.15) is 11.1 Å². The van der Waals surface area contributed by atoms with Crippen molar-refractivity contribution in [2.24, 2.45) is 0 Å². The minimum atomic E-state index is -0.172. The minimum Gasteiger partial charge on any atom is -0.325 e. The number of nitrogens with one attached hydrogen (secondary N) is 1. The maximum absolute atomic E-state index is 13.1. The molecule has 2 heterocycles. The lowest BCUT2D eigenvalue weighted by Crippen LogP contribution is -2.22. The standard InChI is InChI=1S/C22H18ClN3O2S2/c1-13-5-3-8-17(14(13)2)24-19(27)12-30-22-25-18-9-10-29-20(18)21(28)26(22)16-7-4-6-15(23)11-16/h3-11H,12H2,1-2H3,(H,24,27). The van der Waals surface area contributed by atoms with E-state index in [0.29, 0.717) is 26.1 Å². The SMILES string of the molecule is Cc1cccc(NC(=O)CSc2nc3ccsc3c(=O)n2-c2cccc(Cl)c2)c1C. The van der Waals surface area contributed by atoms with E-state index in [1.54, 1.807) is 24.3 Å². The summed E-state index contributed by atoms with van der Waals surface area (Å²) < 4.78 is 2.08. The van der Waals surface area contributed by atoms with E-state index in [9.17, 15) is 9.59 Å². The maximum Gasteiger partial charge on any atom is 0.276 e. The van der Waals surface area contributed by atoms with Gasteiger partial charge in [0.25, 0.3) is 5.56 Å². The zero-order chi connectivity index (χ0) is 21.3. The van der Waals surface area contributed by atoms with Crippen molar-refractivity contribution < 1.29 is 4.79 Å². The molecule has 1 amide bonds. The second-order valence-electron chi connectivity index (χ2n) is 6.73. The summed E-state index contributed by atoms with van der Waals surface area (Å²) in [6.07, 6.45) is 0. The van der Waals surface area contributed by atoms with Gasteiger partial charge < -0.3 is 5.32 Å². The molecule has 0 spiro atoms. The lowest BCUT2D eigenvalue weighted by atomic mass is 10.1. The van der Waals surface area contributed by atoms with E-state index in [0.717, 1.165) is 16.8 Å². The van der Waals surface area contributed by atoms with Crippen molar-refractivity contribution in [1.82, 2.24) is 9.55 Å². The minimum absolute atomic E-state index is 0.121. The average molecular weight is 456 g/mol. The number of benzene rings is 2. The first kappa shape index (κ1) is 20.7. The van der Waals surface area contributed by atoms with Gasteiger partial charge in [-0.1, -0.05) is 41.6 Å². The van der Waals surface area contributed by atoms with Crippen molar-refractivity contribution in [3.8, 4) is 5.69 Å². The summed E-state index contributed by atoms with van der Waals surface area (Å²) in [5.74, 6) is -0.0400. The number of hydrogen-bond donors (Lipinski definition) is 1. The average Bonchev–Trinajstić information content (AvgIpc) is 3.19. The monoisotopic (exact) mass is 455 g/mol. The summed E-state index contributed by atoms with van der Waals surface area (Å²) in [7, 11) is 0. The number of aryl methyl sites for hydroxylation is 1. The predicted molar refractivity (Wildman–Crippen MR) is 125 cm³/mol. The van der Waals surface area contributed by atoms with E-state index in [-0.39, 0.29) is 17.2 Å². The van der Waals surface area contributed by atoms with Crippen molar-refractivity contribution >= 4 is 56.5 Å². The molecular weight excluding hydrogens is 438 g/mol. The van der Waals surface area contributed by atoms with Gasteiger partial charge in [0.15, 0.2) is 5.16 Å². The molecule has 4 rings (SSSR count). The number of aromatic nitrogens is 2. The largest absolute Gasteiger partial charge is 0.325 e. The van der Waals surface area contributed by atoms with Gasteiger partial charge in [0.2, 0.25) is 5.91 Å². The fourth-order valence-corrected chi connectivity index (χ4v) is 4.79. The van der Waals surface area contributed by atoms with Gasteiger partial charge in [0.05, 0.1) is 17.0 Å². The van der Waals surface area contributed by atoms with Crippen molar-refractivity contribution in [2.75, 3.05) is 11.1 Å².